The fourth-order valence-corrected chi connectivity index (χ4v) is 2.38. The molecule has 0 spiro atoms. The van der Waals surface area contributed by atoms with Crippen molar-refractivity contribution in [3.63, 3.8) is 0 Å². The second-order valence-corrected chi connectivity index (χ2v) is 5.79. The highest BCUT2D eigenvalue weighted by atomic mass is 79.9. The average molecular weight is 395 g/mol. The van der Waals surface area contributed by atoms with Gasteiger partial charge in [0.15, 0.2) is 0 Å². The summed E-state index contributed by atoms with van der Waals surface area (Å²) in [7, 11) is 0. The van der Waals surface area contributed by atoms with Crippen LogP contribution in [0.15, 0.2) is 28.9 Å². The van der Waals surface area contributed by atoms with E-state index >= 15 is 0 Å². The van der Waals surface area contributed by atoms with Crippen molar-refractivity contribution in [1.82, 2.24) is 4.98 Å². The molecule has 0 unspecified atom stereocenters. The topological polar surface area (TPSA) is 68.0 Å². The third-order valence-electron chi connectivity index (χ3n) is 2.42. The summed E-state index contributed by atoms with van der Waals surface area (Å²) in [5.41, 5.74) is 6.13. The van der Waals surface area contributed by atoms with Gasteiger partial charge in [-0.05, 0) is 34.1 Å². The molecule has 20 heavy (non-hydrogen) atoms. The van der Waals surface area contributed by atoms with Gasteiger partial charge in [0.2, 0.25) is 0 Å². The van der Waals surface area contributed by atoms with Crippen LogP contribution in [-0.4, -0.2) is 10.9 Å². The molecule has 3 N–H and O–H groups in total. The molecule has 0 aliphatic heterocycles. The van der Waals surface area contributed by atoms with Crippen molar-refractivity contribution in [3.8, 4) is 0 Å². The van der Waals surface area contributed by atoms with Gasteiger partial charge in [-0.25, -0.2) is 4.98 Å². The summed E-state index contributed by atoms with van der Waals surface area (Å²) >= 11 is 21.1. The van der Waals surface area contributed by atoms with Gasteiger partial charge in [0, 0.05) is 10.7 Å². The summed E-state index contributed by atoms with van der Waals surface area (Å²) in [5, 5.41) is 3.39. The number of amides is 1. The summed E-state index contributed by atoms with van der Waals surface area (Å²) in [6.45, 7) is 0. The van der Waals surface area contributed by atoms with Crippen LogP contribution in [0, 0.1) is 0 Å². The molecule has 0 bridgehead atoms. The van der Waals surface area contributed by atoms with Crippen LogP contribution >= 0.6 is 50.7 Å². The van der Waals surface area contributed by atoms with Crippen molar-refractivity contribution in [2.45, 2.75) is 0 Å². The lowest BCUT2D eigenvalue weighted by Crippen LogP contribution is -2.13. The molecule has 0 aliphatic carbocycles. The van der Waals surface area contributed by atoms with Gasteiger partial charge >= 0.3 is 0 Å². The normalized spacial score (nSPS) is 10.4. The molecule has 0 atom stereocenters. The number of carbonyl (C=O) groups is 1. The lowest BCUT2D eigenvalue weighted by atomic mass is 10.2. The Morgan fingerprint density at radius 2 is 1.95 bits per heavy atom. The van der Waals surface area contributed by atoms with Gasteiger partial charge in [0.1, 0.15) is 5.82 Å². The fraction of sp³-hybridized carbons (Fsp3) is 0. The smallest absolute Gasteiger partial charge is 0.257 e. The van der Waals surface area contributed by atoms with Gasteiger partial charge < -0.3 is 11.1 Å². The number of carbonyl (C=O) groups excluding carboxylic acids is 1. The number of benzene rings is 1. The summed E-state index contributed by atoms with van der Waals surface area (Å²) in [4.78, 5) is 15.9. The van der Waals surface area contributed by atoms with E-state index < -0.39 is 5.91 Å². The highest BCUT2D eigenvalue weighted by Crippen LogP contribution is 2.36. The van der Waals surface area contributed by atoms with Gasteiger partial charge in [0.05, 0.1) is 26.3 Å². The van der Waals surface area contributed by atoms with Crippen LogP contribution in [0.3, 0.4) is 0 Å². The van der Waals surface area contributed by atoms with Crippen LogP contribution < -0.4 is 11.1 Å². The second kappa shape index (κ2) is 6.18. The zero-order valence-electron chi connectivity index (χ0n) is 9.75. The highest BCUT2D eigenvalue weighted by Gasteiger charge is 2.13. The van der Waals surface area contributed by atoms with E-state index in [9.17, 15) is 4.79 Å². The molecule has 2 aromatic rings. The number of nitrogens with one attached hydrogen (secondary N) is 1. The number of rotatable bonds is 2. The Kier molecular flexibility index (Phi) is 4.75. The average Bonchev–Trinajstić information content (AvgIpc) is 2.42. The van der Waals surface area contributed by atoms with E-state index in [1.165, 1.54) is 12.3 Å². The first kappa shape index (κ1) is 15.4. The molecule has 2 rings (SSSR count). The summed E-state index contributed by atoms with van der Waals surface area (Å²) in [6.07, 6.45) is 1.32. The standard InChI is InChI=1S/C12H7BrCl3N3O/c13-6-1-2-8(10(16)9(6)15)19-12(20)5-3-7(14)11(17)18-4-5/h1-4H,(H2,17,18)(H,19,20). The molecule has 1 amide bonds. The van der Waals surface area contributed by atoms with E-state index in [1.807, 2.05) is 0 Å². The second-order valence-electron chi connectivity index (χ2n) is 3.77. The van der Waals surface area contributed by atoms with Crippen LogP contribution in [0.4, 0.5) is 11.5 Å². The number of hydrogen-bond donors (Lipinski definition) is 2. The first-order chi connectivity index (χ1) is 9.40. The molecule has 8 heteroatoms. The molecule has 0 saturated carbocycles. The van der Waals surface area contributed by atoms with Crippen molar-refractivity contribution in [2.75, 3.05) is 11.1 Å². The minimum Gasteiger partial charge on any atom is -0.382 e. The monoisotopic (exact) mass is 393 g/mol. The maximum Gasteiger partial charge on any atom is 0.257 e. The van der Waals surface area contributed by atoms with E-state index in [4.69, 9.17) is 40.5 Å². The third kappa shape index (κ3) is 3.17. The zero-order valence-corrected chi connectivity index (χ0v) is 13.6. The van der Waals surface area contributed by atoms with Crippen LogP contribution in [0.5, 0.6) is 0 Å². The number of aromatic nitrogens is 1. The predicted molar refractivity (Wildman–Crippen MR) is 85.8 cm³/mol. The Morgan fingerprint density at radius 3 is 2.60 bits per heavy atom. The molecular weight excluding hydrogens is 388 g/mol. The number of halogens is 4. The van der Waals surface area contributed by atoms with Crippen LogP contribution in [0.2, 0.25) is 15.1 Å². The maximum absolute atomic E-state index is 12.1. The van der Waals surface area contributed by atoms with E-state index in [1.54, 1.807) is 12.1 Å². The molecule has 1 aromatic heterocycles. The van der Waals surface area contributed by atoms with E-state index in [0.29, 0.717) is 15.2 Å². The largest absolute Gasteiger partial charge is 0.382 e. The van der Waals surface area contributed by atoms with Gasteiger partial charge in [-0.2, -0.15) is 0 Å². The van der Waals surface area contributed by atoms with Crippen molar-refractivity contribution in [1.29, 1.82) is 0 Å². The number of nitrogens with two attached hydrogens (primary N) is 1. The minimum atomic E-state index is -0.417. The third-order valence-corrected chi connectivity index (χ3v) is 4.49. The van der Waals surface area contributed by atoms with Crippen LogP contribution in [0.25, 0.3) is 0 Å². The van der Waals surface area contributed by atoms with Gasteiger partial charge in [-0.15, -0.1) is 0 Å². The van der Waals surface area contributed by atoms with Gasteiger partial charge in [-0.3, -0.25) is 4.79 Å². The lowest BCUT2D eigenvalue weighted by Gasteiger charge is -2.09. The minimum absolute atomic E-state index is 0.160. The first-order valence-corrected chi connectivity index (χ1v) is 7.18. The number of nitrogen functional groups attached to an aromatic ring is 1. The first-order valence-electron chi connectivity index (χ1n) is 5.26. The molecule has 0 aliphatic rings. The SMILES string of the molecule is Nc1ncc(C(=O)Nc2ccc(Br)c(Cl)c2Cl)cc1Cl. The Hall–Kier alpha value is -1.01. The highest BCUT2D eigenvalue weighted by molar-refractivity contribution is 9.10. The maximum atomic E-state index is 12.1. The molecule has 0 saturated heterocycles. The molecule has 1 aromatic carbocycles. The fourth-order valence-electron chi connectivity index (χ4n) is 1.39. The van der Waals surface area contributed by atoms with E-state index in [-0.39, 0.29) is 21.4 Å². The summed E-state index contributed by atoms with van der Waals surface area (Å²) in [6, 6.07) is 4.73. The Labute approximate surface area is 138 Å². The number of nitrogens with zero attached hydrogens (tertiary/aromatic N) is 1. The molecule has 0 fully saturated rings. The number of hydrogen-bond acceptors (Lipinski definition) is 3. The van der Waals surface area contributed by atoms with Gasteiger partial charge in [0.25, 0.3) is 5.91 Å². The molecular formula is C12H7BrCl3N3O. The summed E-state index contributed by atoms with van der Waals surface area (Å²) < 4.78 is 0.638. The van der Waals surface area contributed by atoms with Crippen molar-refractivity contribution in [3.05, 3.63) is 49.5 Å². The molecule has 0 radical (unpaired) electrons. The molecule has 1 heterocycles. The van der Waals surface area contributed by atoms with E-state index in [2.05, 4.69) is 26.2 Å². The number of anilines is 2. The number of pyridine rings is 1. The van der Waals surface area contributed by atoms with E-state index in [0.717, 1.165) is 0 Å². The van der Waals surface area contributed by atoms with Crippen molar-refractivity contribution in [2.24, 2.45) is 0 Å². The van der Waals surface area contributed by atoms with Crippen molar-refractivity contribution >= 4 is 68.1 Å². The lowest BCUT2D eigenvalue weighted by molar-refractivity contribution is 0.102. The Morgan fingerprint density at radius 1 is 1.25 bits per heavy atom. The quantitative estimate of drug-likeness (QED) is 0.728. The zero-order chi connectivity index (χ0) is 14.9. The predicted octanol–water partition coefficient (Wildman–Crippen LogP) is 4.64. The Bertz CT molecular complexity index is 694. The molecule has 4 nitrogen and oxygen atoms in total. The Balaban J connectivity index is 2.28. The van der Waals surface area contributed by atoms with Gasteiger partial charge in [-0.1, -0.05) is 34.8 Å². The van der Waals surface area contributed by atoms with Crippen molar-refractivity contribution < 1.29 is 4.79 Å². The van der Waals surface area contributed by atoms with Crippen LogP contribution in [0.1, 0.15) is 10.4 Å². The summed E-state index contributed by atoms with van der Waals surface area (Å²) in [5.74, 6) is -0.257. The van der Waals surface area contributed by atoms with Crippen LogP contribution in [-0.2, 0) is 0 Å². The molecule has 104 valence electrons.